The van der Waals surface area contributed by atoms with Gasteiger partial charge in [0.1, 0.15) is 6.54 Å². The Morgan fingerprint density at radius 1 is 1.15 bits per heavy atom. The van der Waals surface area contributed by atoms with E-state index >= 15 is 0 Å². The second-order valence-electron chi connectivity index (χ2n) is 5.72. The fourth-order valence-corrected chi connectivity index (χ4v) is 2.55. The predicted molar refractivity (Wildman–Crippen MR) is 115 cm³/mol. The van der Waals surface area contributed by atoms with Crippen LogP contribution in [0.1, 0.15) is 17.0 Å². The van der Waals surface area contributed by atoms with Gasteiger partial charge in [-0.2, -0.15) is 4.98 Å². The van der Waals surface area contributed by atoms with Crippen LogP contribution in [0.2, 0.25) is 5.02 Å². The maximum atomic E-state index is 5.92. The van der Waals surface area contributed by atoms with Crippen molar-refractivity contribution in [2.45, 2.75) is 20.4 Å². The average Bonchev–Trinajstić information content (AvgIpc) is 3.01. The fraction of sp³-hybridized carbons (Fsp3) is 0.167. The van der Waals surface area contributed by atoms with E-state index in [2.05, 4.69) is 26.5 Å². The molecule has 0 unspecified atom stereocenters. The molecule has 6 nitrogen and oxygen atoms in total. The Labute approximate surface area is 173 Å². The van der Waals surface area contributed by atoms with Crippen molar-refractivity contribution in [1.29, 1.82) is 0 Å². The summed E-state index contributed by atoms with van der Waals surface area (Å²) in [6, 6.07) is 13.3. The number of rotatable bonds is 4. The van der Waals surface area contributed by atoms with Crippen molar-refractivity contribution in [3.63, 3.8) is 0 Å². The topological polar surface area (TPSA) is 89.3 Å². The maximum Gasteiger partial charge on any atom is 0.248 e. The van der Waals surface area contributed by atoms with Crippen molar-refractivity contribution < 1.29 is 4.52 Å². The molecule has 0 radical (unpaired) electrons. The van der Waals surface area contributed by atoms with Gasteiger partial charge < -0.3 is 15.6 Å². The van der Waals surface area contributed by atoms with Crippen LogP contribution in [0.4, 0.5) is 5.69 Å². The molecular weight excluding hydrogens is 465 g/mol. The van der Waals surface area contributed by atoms with Crippen LogP contribution in [0.15, 0.2) is 52.0 Å². The van der Waals surface area contributed by atoms with Gasteiger partial charge in [-0.15, -0.1) is 24.0 Å². The number of nitrogens with one attached hydrogen (secondary N) is 1. The van der Waals surface area contributed by atoms with Gasteiger partial charge in [0.25, 0.3) is 0 Å². The third-order valence-corrected chi connectivity index (χ3v) is 3.70. The number of anilines is 1. The van der Waals surface area contributed by atoms with E-state index in [0.717, 1.165) is 22.4 Å². The zero-order chi connectivity index (χ0) is 17.8. The number of halogens is 2. The summed E-state index contributed by atoms with van der Waals surface area (Å²) in [6.07, 6.45) is 0. The molecule has 3 N–H and O–H groups in total. The van der Waals surface area contributed by atoms with E-state index in [1.807, 2.05) is 38.1 Å². The van der Waals surface area contributed by atoms with Gasteiger partial charge in [0.2, 0.25) is 11.7 Å². The van der Waals surface area contributed by atoms with Gasteiger partial charge >= 0.3 is 0 Å². The Morgan fingerprint density at radius 2 is 1.81 bits per heavy atom. The van der Waals surface area contributed by atoms with Crippen LogP contribution in [0, 0.1) is 13.8 Å². The van der Waals surface area contributed by atoms with Crippen molar-refractivity contribution in [2.24, 2.45) is 10.7 Å². The Balaban J connectivity index is 0.00000243. The van der Waals surface area contributed by atoms with Gasteiger partial charge in [0.05, 0.1) is 0 Å². The lowest BCUT2D eigenvalue weighted by Gasteiger charge is -2.07. The molecule has 0 aliphatic rings. The van der Waals surface area contributed by atoms with E-state index in [9.17, 15) is 0 Å². The quantitative estimate of drug-likeness (QED) is 0.323. The molecule has 0 saturated carbocycles. The molecule has 3 aromatic rings. The first kappa shape index (κ1) is 20.2. The monoisotopic (exact) mass is 483 g/mol. The highest BCUT2D eigenvalue weighted by atomic mass is 127. The first-order valence-corrected chi connectivity index (χ1v) is 8.11. The highest BCUT2D eigenvalue weighted by Gasteiger charge is 2.08. The molecule has 0 bridgehead atoms. The van der Waals surface area contributed by atoms with Crippen molar-refractivity contribution in [3.8, 4) is 11.4 Å². The molecule has 1 aromatic heterocycles. The average molecular weight is 484 g/mol. The summed E-state index contributed by atoms with van der Waals surface area (Å²) < 4.78 is 5.20. The Kier molecular flexibility index (Phi) is 6.98. The number of aliphatic imine (C=N–C) groups is 1. The van der Waals surface area contributed by atoms with Crippen molar-refractivity contribution in [2.75, 3.05) is 5.32 Å². The summed E-state index contributed by atoms with van der Waals surface area (Å²) in [5.41, 5.74) is 9.95. The summed E-state index contributed by atoms with van der Waals surface area (Å²) >= 11 is 5.87. The van der Waals surface area contributed by atoms with Crippen LogP contribution in [0.3, 0.4) is 0 Å². The lowest BCUT2D eigenvalue weighted by molar-refractivity contribution is 0.381. The van der Waals surface area contributed by atoms with E-state index in [4.69, 9.17) is 21.9 Å². The first-order chi connectivity index (χ1) is 12.0. The highest BCUT2D eigenvalue weighted by molar-refractivity contribution is 14.0. The molecule has 0 aliphatic carbocycles. The fourth-order valence-electron chi connectivity index (χ4n) is 2.42. The molecule has 0 atom stereocenters. The smallest absolute Gasteiger partial charge is 0.248 e. The molecule has 0 amide bonds. The van der Waals surface area contributed by atoms with Crippen LogP contribution in [-0.2, 0) is 6.54 Å². The van der Waals surface area contributed by atoms with Crippen LogP contribution in [0.25, 0.3) is 11.4 Å². The highest BCUT2D eigenvalue weighted by Crippen LogP contribution is 2.19. The Hall–Kier alpha value is -2.13. The minimum atomic E-state index is 0. The van der Waals surface area contributed by atoms with E-state index in [1.165, 1.54) is 0 Å². The molecule has 0 saturated heterocycles. The van der Waals surface area contributed by atoms with Gasteiger partial charge in [0, 0.05) is 16.3 Å². The summed E-state index contributed by atoms with van der Waals surface area (Å²) in [5, 5.41) is 7.66. The number of benzene rings is 2. The zero-order valence-electron chi connectivity index (χ0n) is 14.4. The molecule has 0 fully saturated rings. The zero-order valence-corrected chi connectivity index (χ0v) is 17.4. The normalized spacial score (nSPS) is 11.1. The molecule has 0 aliphatic heterocycles. The number of guanidine groups is 1. The SMILES string of the molecule is Cc1cc(C)cc(NC(N)=NCc2nc(-c3ccc(Cl)cc3)no2)c1.I. The molecule has 3 rings (SSSR count). The minimum Gasteiger partial charge on any atom is -0.370 e. The predicted octanol–water partition coefficient (Wildman–Crippen LogP) is 4.55. The Morgan fingerprint density at radius 3 is 2.46 bits per heavy atom. The van der Waals surface area contributed by atoms with E-state index < -0.39 is 0 Å². The maximum absolute atomic E-state index is 5.92. The van der Waals surface area contributed by atoms with Gasteiger partial charge in [-0.3, -0.25) is 0 Å². The number of aromatic nitrogens is 2. The second kappa shape index (κ2) is 9.00. The van der Waals surface area contributed by atoms with Crippen LogP contribution < -0.4 is 11.1 Å². The molecule has 26 heavy (non-hydrogen) atoms. The first-order valence-electron chi connectivity index (χ1n) is 7.73. The molecule has 2 aromatic carbocycles. The van der Waals surface area contributed by atoms with Gasteiger partial charge in [-0.1, -0.05) is 22.8 Å². The lowest BCUT2D eigenvalue weighted by atomic mass is 10.1. The number of nitrogens with zero attached hydrogens (tertiary/aromatic N) is 3. The van der Waals surface area contributed by atoms with Gasteiger partial charge in [-0.05, 0) is 61.4 Å². The third kappa shape index (κ3) is 5.43. The standard InChI is InChI=1S/C18H18ClN5O.HI/c1-11-7-12(2)9-15(8-11)22-18(20)21-10-16-23-17(24-25-16)13-3-5-14(19)6-4-13;/h3-9H,10H2,1-2H3,(H3,20,21,22);1H. The number of aryl methyl sites for hydroxylation is 2. The van der Waals surface area contributed by atoms with Crippen LogP contribution >= 0.6 is 35.6 Å². The van der Waals surface area contributed by atoms with Gasteiger partial charge in [-0.25, -0.2) is 4.99 Å². The molecule has 136 valence electrons. The van der Waals surface area contributed by atoms with Crippen molar-refractivity contribution in [1.82, 2.24) is 10.1 Å². The minimum absolute atomic E-state index is 0. The van der Waals surface area contributed by atoms with Crippen molar-refractivity contribution >= 4 is 47.2 Å². The largest absolute Gasteiger partial charge is 0.370 e. The summed E-state index contributed by atoms with van der Waals surface area (Å²) in [6.45, 7) is 4.26. The summed E-state index contributed by atoms with van der Waals surface area (Å²) in [5.74, 6) is 1.16. The van der Waals surface area contributed by atoms with E-state index in [0.29, 0.717) is 16.7 Å². The third-order valence-electron chi connectivity index (χ3n) is 3.45. The Bertz CT molecular complexity index is 888. The molecule has 8 heteroatoms. The number of hydrogen-bond acceptors (Lipinski definition) is 4. The van der Waals surface area contributed by atoms with E-state index in [-0.39, 0.29) is 36.5 Å². The lowest BCUT2D eigenvalue weighted by Crippen LogP contribution is -2.22. The van der Waals surface area contributed by atoms with Crippen LogP contribution in [-0.4, -0.2) is 16.1 Å². The van der Waals surface area contributed by atoms with E-state index in [1.54, 1.807) is 12.1 Å². The van der Waals surface area contributed by atoms with Crippen LogP contribution in [0.5, 0.6) is 0 Å². The molecular formula is C18H19ClIN5O. The van der Waals surface area contributed by atoms with Gasteiger partial charge in [0.15, 0.2) is 5.96 Å². The van der Waals surface area contributed by atoms with Crippen molar-refractivity contribution in [3.05, 3.63) is 64.5 Å². The number of nitrogens with two attached hydrogens (primary N) is 1. The summed E-state index contributed by atoms with van der Waals surface area (Å²) in [7, 11) is 0. The summed E-state index contributed by atoms with van der Waals surface area (Å²) in [4.78, 5) is 8.54. The number of hydrogen-bond donors (Lipinski definition) is 2. The molecule has 0 spiro atoms. The molecule has 1 heterocycles. The second-order valence-corrected chi connectivity index (χ2v) is 6.16.